The van der Waals surface area contributed by atoms with E-state index in [1.54, 1.807) is 0 Å². The summed E-state index contributed by atoms with van der Waals surface area (Å²) in [5, 5.41) is 18.6. The Morgan fingerprint density at radius 3 is 2.47 bits per heavy atom. The Morgan fingerprint density at radius 1 is 1.32 bits per heavy atom. The van der Waals surface area contributed by atoms with Crippen molar-refractivity contribution in [2.45, 2.75) is 12.3 Å². The second-order valence-electron chi connectivity index (χ2n) is 4.14. The van der Waals surface area contributed by atoms with E-state index in [1.165, 1.54) is 23.7 Å². The highest BCUT2D eigenvalue weighted by Crippen LogP contribution is 2.33. The Labute approximate surface area is 105 Å². The van der Waals surface area contributed by atoms with Crippen molar-refractivity contribution in [2.24, 2.45) is 7.05 Å². The summed E-state index contributed by atoms with van der Waals surface area (Å²) in [6, 6.07) is 4.44. The summed E-state index contributed by atoms with van der Waals surface area (Å²) in [7, 11) is 1.41. The Balaban J connectivity index is 2.62. The van der Waals surface area contributed by atoms with Crippen molar-refractivity contribution in [1.82, 2.24) is 4.57 Å². The Hall–Kier alpha value is -2.02. The lowest BCUT2D eigenvalue weighted by Crippen LogP contribution is -2.13. The van der Waals surface area contributed by atoms with Crippen molar-refractivity contribution in [1.29, 1.82) is 0 Å². The number of carboxylic acids is 1. The maximum atomic E-state index is 12.6. The van der Waals surface area contributed by atoms with E-state index in [0.29, 0.717) is 5.39 Å². The maximum absolute atomic E-state index is 12.6. The van der Waals surface area contributed by atoms with Crippen LogP contribution in [0.1, 0.15) is 17.4 Å². The summed E-state index contributed by atoms with van der Waals surface area (Å²) in [4.78, 5) is 10.7. The summed E-state index contributed by atoms with van der Waals surface area (Å²) < 4.78 is 39.0. The Bertz CT molecular complexity index is 645. The van der Waals surface area contributed by atoms with Crippen LogP contribution in [0.3, 0.4) is 0 Å². The summed E-state index contributed by atoms with van der Waals surface area (Å²) in [5.74, 6) is -1.46. The van der Waals surface area contributed by atoms with E-state index in [2.05, 4.69) is 0 Å². The third-order valence-electron chi connectivity index (χ3n) is 2.92. The van der Waals surface area contributed by atoms with Crippen LogP contribution in [-0.2, 0) is 18.0 Å². The van der Waals surface area contributed by atoms with Gasteiger partial charge in [0, 0.05) is 12.6 Å². The number of alkyl halides is 3. The molecule has 4 nitrogen and oxygen atoms in total. The summed E-state index contributed by atoms with van der Waals surface area (Å²) in [6.45, 7) is 0. The first-order chi connectivity index (χ1) is 8.71. The average molecular weight is 273 g/mol. The van der Waals surface area contributed by atoms with E-state index < -0.39 is 23.8 Å². The molecular formula is C12H10F3NO3. The Kier molecular flexibility index (Phi) is 3.01. The van der Waals surface area contributed by atoms with Crippen LogP contribution < -0.4 is 0 Å². The number of carboxylic acid groups (broad SMARTS) is 1. The topological polar surface area (TPSA) is 62.5 Å². The minimum atomic E-state index is -4.47. The molecule has 2 N–H and O–H groups in total. The number of aliphatic carboxylic acids is 1. The van der Waals surface area contributed by atoms with Crippen LogP contribution in [0.15, 0.2) is 24.3 Å². The van der Waals surface area contributed by atoms with Gasteiger partial charge in [-0.15, -0.1) is 0 Å². The fourth-order valence-corrected chi connectivity index (χ4v) is 1.92. The molecule has 7 heteroatoms. The lowest BCUT2D eigenvalue weighted by atomic mass is 10.1. The molecule has 0 bridgehead atoms. The normalized spacial score (nSPS) is 13.7. The lowest BCUT2D eigenvalue weighted by Gasteiger charge is -2.09. The second kappa shape index (κ2) is 4.27. The number of hydrogen-bond acceptors (Lipinski definition) is 2. The Morgan fingerprint density at radius 2 is 1.95 bits per heavy atom. The van der Waals surface area contributed by atoms with E-state index in [4.69, 9.17) is 5.11 Å². The van der Waals surface area contributed by atoms with Gasteiger partial charge in [0.05, 0.1) is 11.3 Å². The van der Waals surface area contributed by atoms with Gasteiger partial charge >= 0.3 is 12.1 Å². The standard InChI is InChI=1S/C12H10F3NO3/c1-16-8-5-7(12(13,14)15)3-2-6(8)4-9(16)10(17)11(18)19/h2-5,10,17H,1H3,(H,18,19). The van der Waals surface area contributed by atoms with E-state index in [1.807, 2.05) is 0 Å². The van der Waals surface area contributed by atoms with Crippen LogP contribution in [0.2, 0.25) is 0 Å². The molecule has 0 fully saturated rings. The molecule has 0 saturated carbocycles. The third-order valence-corrected chi connectivity index (χ3v) is 2.92. The number of aromatic nitrogens is 1. The molecule has 102 valence electrons. The molecule has 19 heavy (non-hydrogen) atoms. The van der Waals surface area contributed by atoms with Crippen molar-refractivity contribution in [3.05, 3.63) is 35.5 Å². The fraction of sp³-hybridized carbons (Fsp3) is 0.250. The van der Waals surface area contributed by atoms with Gasteiger partial charge in [0.1, 0.15) is 0 Å². The number of carbonyl (C=O) groups is 1. The molecule has 0 saturated heterocycles. The van der Waals surface area contributed by atoms with Crippen molar-refractivity contribution in [3.8, 4) is 0 Å². The zero-order valence-electron chi connectivity index (χ0n) is 9.77. The summed E-state index contributed by atoms with van der Waals surface area (Å²) >= 11 is 0. The van der Waals surface area contributed by atoms with Gasteiger partial charge in [-0.25, -0.2) is 4.79 Å². The summed E-state index contributed by atoms with van der Waals surface area (Å²) in [5.41, 5.74) is -0.579. The van der Waals surface area contributed by atoms with E-state index in [9.17, 15) is 23.1 Å². The molecule has 0 radical (unpaired) electrons. The molecule has 0 spiro atoms. The van der Waals surface area contributed by atoms with Crippen molar-refractivity contribution >= 4 is 16.9 Å². The number of aliphatic hydroxyl groups is 1. The number of nitrogens with zero attached hydrogens (tertiary/aromatic N) is 1. The van der Waals surface area contributed by atoms with Crippen molar-refractivity contribution < 1.29 is 28.2 Å². The lowest BCUT2D eigenvalue weighted by molar-refractivity contribution is -0.147. The predicted octanol–water partition coefficient (Wildman–Crippen LogP) is 2.32. The zero-order chi connectivity index (χ0) is 14.4. The highest BCUT2D eigenvalue weighted by Gasteiger charge is 2.31. The van der Waals surface area contributed by atoms with Crippen molar-refractivity contribution in [2.75, 3.05) is 0 Å². The number of rotatable bonds is 2. The molecule has 0 aliphatic heterocycles. The van der Waals surface area contributed by atoms with Crippen LogP contribution in [0.4, 0.5) is 13.2 Å². The number of benzene rings is 1. The average Bonchev–Trinajstić information content (AvgIpc) is 2.64. The number of fused-ring (bicyclic) bond motifs is 1. The van der Waals surface area contributed by atoms with Gasteiger partial charge in [0.2, 0.25) is 0 Å². The molecule has 0 aliphatic carbocycles. The van der Waals surface area contributed by atoms with E-state index in [-0.39, 0.29) is 11.2 Å². The van der Waals surface area contributed by atoms with Gasteiger partial charge < -0.3 is 14.8 Å². The van der Waals surface area contributed by atoms with Gasteiger partial charge in [0.15, 0.2) is 6.10 Å². The largest absolute Gasteiger partial charge is 0.479 e. The maximum Gasteiger partial charge on any atom is 0.416 e. The highest BCUT2D eigenvalue weighted by molar-refractivity contribution is 5.84. The molecular weight excluding hydrogens is 263 g/mol. The third kappa shape index (κ3) is 2.28. The second-order valence-corrected chi connectivity index (χ2v) is 4.14. The molecule has 0 aliphatic rings. The molecule has 1 atom stereocenters. The van der Waals surface area contributed by atoms with Crippen LogP contribution in [-0.4, -0.2) is 20.7 Å². The minimum Gasteiger partial charge on any atom is -0.479 e. The van der Waals surface area contributed by atoms with Gasteiger partial charge in [-0.3, -0.25) is 0 Å². The van der Waals surface area contributed by atoms with Crippen LogP contribution in [0.25, 0.3) is 10.9 Å². The first-order valence-corrected chi connectivity index (χ1v) is 5.29. The van der Waals surface area contributed by atoms with E-state index in [0.717, 1.165) is 12.1 Å². The van der Waals surface area contributed by atoms with Gasteiger partial charge in [-0.05, 0) is 23.6 Å². The number of halogens is 3. The van der Waals surface area contributed by atoms with Crippen LogP contribution in [0, 0.1) is 0 Å². The van der Waals surface area contributed by atoms with Crippen LogP contribution >= 0.6 is 0 Å². The minimum absolute atomic E-state index is 0.0295. The van der Waals surface area contributed by atoms with Gasteiger partial charge in [-0.2, -0.15) is 13.2 Å². The first kappa shape index (κ1) is 13.4. The SMILES string of the molecule is Cn1c(C(O)C(=O)O)cc2ccc(C(F)(F)F)cc21. The van der Waals surface area contributed by atoms with Gasteiger partial charge in [0.25, 0.3) is 0 Å². The monoisotopic (exact) mass is 273 g/mol. The molecule has 0 amide bonds. The predicted molar refractivity (Wildman–Crippen MR) is 60.5 cm³/mol. The number of aryl methyl sites for hydroxylation is 1. The molecule has 1 heterocycles. The number of hydrogen-bond donors (Lipinski definition) is 2. The molecule has 1 aromatic heterocycles. The first-order valence-electron chi connectivity index (χ1n) is 5.29. The quantitative estimate of drug-likeness (QED) is 0.882. The zero-order valence-corrected chi connectivity index (χ0v) is 9.77. The van der Waals surface area contributed by atoms with Gasteiger partial charge in [-0.1, -0.05) is 6.07 Å². The molecule has 2 rings (SSSR count). The van der Waals surface area contributed by atoms with E-state index >= 15 is 0 Å². The van der Waals surface area contributed by atoms with Crippen molar-refractivity contribution in [3.63, 3.8) is 0 Å². The molecule has 1 unspecified atom stereocenters. The molecule has 1 aromatic carbocycles. The van der Waals surface area contributed by atoms with Crippen LogP contribution in [0.5, 0.6) is 0 Å². The number of aliphatic hydroxyl groups excluding tert-OH is 1. The summed E-state index contributed by atoms with van der Waals surface area (Å²) in [6.07, 6.45) is -6.24. The highest BCUT2D eigenvalue weighted by atomic mass is 19.4. The fourth-order valence-electron chi connectivity index (χ4n) is 1.92. The molecule has 2 aromatic rings. The smallest absolute Gasteiger partial charge is 0.416 e.